The Morgan fingerprint density at radius 1 is 1.33 bits per heavy atom. The van der Waals surface area contributed by atoms with Gasteiger partial charge >= 0.3 is 0 Å². The zero-order valence-corrected chi connectivity index (χ0v) is 9.83. The molecule has 2 saturated carbocycles. The molecule has 1 N–H and O–H groups in total. The molecular weight excluding hydrogens is 188 g/mol. The van der Waals surface area contributed by atoms with E-state index in [0.29, 0.717) is 11.8 Å². The van der Waals surface area contributed by atoms with Crippen molar-refractivity contribution in [3.63, 3.8) is 0 Å². The second-order valence-electron chi connectivity index (χ2n) is 5.06. The first-order valence-corrected chi connectivity index (χ1v) is 6.13. The van der Waals surface area contributed by atoms with Crippen molar-refractivity contribution in [2.24, 2.45) is 17.8 Å². The topological polar surface area (TPSA) is 32.3 Å². The van der Waals surface area contributed by atoms with Crippen molar-refractivity contribution < 1.29 is 4.79 Å². The van der Waals surface area contributed by atoms with Crippen LogP contribution >= 0.6 is 0 Å². The second-order valence-corrected chi connectivity index (χ2v) is 5.06. The molecule has 0 unspecified atom stereocenters. The van der Waals surface area contributed by atoms with E-state index >= 15 is 0 Å². The SMILES string of the molecule is CNCCN(C)C(=O)C(C1CC1)C1CC1. The highest BCUT2D eigenvalue weighted by Gasteiger charge is 2.46. The average molecular weight is 210 g/mol. The Hall–Kier alpha value is -0.570. The summed E-state index contributed by atoms with van der Waals surface area (Å²) >= 11 is 0. The van der Waals surface area contributed by atoms with Gasteiger partial charge in [-0.25, -0.2) is 0 Å². The number of hydrogen-bond donors (Lipinski definition) is 1. The van der Waals surface area contributed by atoms with Crippen molar-refractivity contribution >= 4 is 5.91 Å². The fourth-order valence-corrected chi connectivity index (χ4v) is 2.34. The van der Waals surface area contributed by atoms with Crippen molar-refractivity contribution in [3.8, 4) is 0 Å². The summed E-state index contributed by atoms with van der Waals surface area (Å²) in [5, 5.41) is 3.09. The minimum atomic E-state index is 0.367. The molecule has 2 aliphatic rings. The first-order valence-electron chi connectivity index (χ1n) is 6.13. The minimum absolute atomic E-state index is 0.367. The Kier molecular flexibility index (Phi) is 3.29. The normalized spacial score (nSPS) is 20.7. The number of carbonyl (C=O) groups excluding carboxylic acids is 1. The highest BCUT2D eigenvalue weighted by Crippen LogP contribution is 2.49. The third-order valence-electron chi connectivity index (χ3n) is 3.62. The van der Waals surface area contributed by atoms with Crippen molar-refractivity contribution in [2.75, 3.05) is 27.2 Å². The molecule has 0 aliphatic heterocycles. The van der Waals surface area contributed by atoms with Crippen LogP contribution in [0.25, 0.3) is 0 Å². The molecule has 1 amide bonds. The molecule has 0 bridgehead atoms. The smallest absolute Gasteiger partial charge is 0.226 e. The van der Waals surface area contributed by atoms with E-state index in [1.807, 2.05) is 19.0 Å². The Morgan fingerprint density at radius 3 is 2.27 bits per heavy atom. The van der Waals surface area contributed by atoms with Crippen LogP contribution in [0.3, 0.4) is 0 Å². The van der Waals surface area contributed by atoms with Gasteiger partial charge in [0.25, 0.3) is 0 Å². The van der Waals surface area contributed by atoms with E-state index in [2.05, 4.69) is 5.32 Å². The first-order chi connectivity index (χ1) is 7.24. The lowest BCUT2D eigenvalue weighted by molar-refractivity contribution is -0.135. The van der Waals surface area contributed by atoms with Crippen LogP contribution in [0.4, 0.5) is 0 Å². The van der Waals surface area contributed by atoms with Crippen molar-refractivity contribution in [2.45, 2.75) is 25.7 Å². The zero-order chi connectivity index (χ0) is 10.8. The summed E-state index contributed by atoms with van der Waals surface area (Å²) in [7, 11) is 3.87. The van der Waals surface area contributed by atoms with Gasteiger partial charge in [-0.15, -0.1) is 0 Å². The van der Waals surface area contributed by atoms with Crippen molar-refractivity contribution in [3.05, 3.63) is 0 Å². The molecule has 0 aromatic heterocycles. The Morgan fingerprint density at radius 2 is 1.87 bits per heavy atom. The van der Waals surface area contributed by atoms with Crippen molar-refractivity contribution in [1.82, 2.24) is 10.2 Å². The number of likely N-dealkylation sites (N-methyl/N-ethyl adjacent to an activating group) is 2. The van der Waals surface area contributed by atoms with Crippen LogP contribution in [0.1, 0.15) is 25.7 Å². The molecule has 0 aromatic rings. The lowest BCUT2D eigenvalue weighted by Gasteiger charge is -2.23. The van der Waals surface area contributed by atoms with Crippen LogP contribution in [0.15, 0.2) is 0 Å². The Labute approximate surface area is 92.2 Å². The molecule has 0 atom stereocenters. The summed E-state index contributed by atoms with van der Waals surface area (Å²) in [6.45, 7) is 1.73. The van der Waals surface area contributed by atoms with E-state index in [1.54, 1.807) is 0 Å². The second kappa shape index (κ2) is 4.52. The molecular formula is C12H22N2O. The number of hydrogen-bond acceptors (Lipinski definition) is 2. The van der Waals surface area contributed by atoms with Crippen molar-refractivity contribution in [1.29, 1.82) is 0 Å². The fraction of sp³-hybridized carbons (Fsp3) is 0.917. The van der Waals surface area contributed by atoms with E-state index in [-0.39, 0.29) is 0 Å². The largest absolute Gasteiger partial charge is 0.344 e. The van der Waals surface area contributed by atoms with Gasteiger partial charge in [-0.3, -0.25) is 4.79 Å². The number of nitrogens with one attached hydrogen (secondary N) is 1. The van der Waals surface area contributed by atoms with Gasteiger partial charge in [-0.1, -0.05) is 0 Å². The Bertz CT molecular complexity index is 222. The third-order valence-corrected chi connectivity index (χ3v) is 3.62. The van der Waals surface area contributed by atoms with Crippen LogP contribution in [0.5, 0.6) is 0 Å². The molecule has 0 radical (unpaired) electrons. The number of amides is 1. The standard InChI is InChI=1S/C12H22N2O/c1-13-7-8-14(2)12(15)11(9-3-4-9)10-5-6-10/h9-11,13H,3-8H2,1-2H3. The summed E-state index contributed by atoms with van der Waals surface area (Å²) in [4.78, 5) is 14.1. The maximum absolute atomic E-state index is 12.2. The quantitative estimate of drug-likeness (QED) is 0.712. The molecule has 86 valence electrons. The zero-order valence-electron chi connectivity index (χ0n) is 9.83. The summed E-state index contributed by atoms with van der Waals surface area (Å²) in [6, 6.07) is 0. The molecule has 2 fully saturated rings. The maximum atomic E-state index is 12.2. The van der Waals surface area contributed by atoms with Crippen LogP contribution in [0, 0.1) is 17.8 Å². The van der Waals surface area contributed by atoms with Gasteiger partial charge in [0.15, 0.2) is 0 Å². The highest BCUT2D eigenvalue weighted by atomic mass is 16.2. The predicted molar refractivity (Wildman–Crippen MR) is 60.5 cm³/mol. The van der Waals surface area contributed by atoms with E-state index in [9.17, 15) is 4.79 Å². The van der Waals surface area contributed by atoms with E-state index in [1.165, 1.54) is 25.7 Å². The predicted octanol–water partition coefficient (Wildman–Crippen LogP) is 1.10. The summed E-state index contributed by atoms with van der Waals surface area (Å²) in [6.07, 6.45) is 5.14. The molecule has 0 heterocycles. The van der Waals surface area contributed by atoms with Gasteiger partial charge in [0.1, 0.15) is 0 Å². The van der Waals surface area contributed by atoms with Crippen LogP contribution in [0.2, 0.25) is 0 Å². The summed E-state index contributed by atoms with van der Waals surface area (Å²) in [5.41, 5.74) is 0. The number of rotatable bonds is 6. The van der Waals surface area contributed by atoms with E-state index in [0.717, 1.165) is 24.9 Å². The highest BCUT2D eigenvalue weighted by molar-refractivity contribution is 5.80. The van der Waals surface area contributed by atoms with Gasteiger partial charge in [0.05, 0.1) is 0 Å². The minimum Gasteiger partial charge on any atom is -0.344 e. The fourth-order valence-electron chi connectivity index (χ4n) is 2.34. The molecule has 0 aromatic carbocycles. The van der Waals surface area contributed by atoms with E-state index < -0.39 is 0 Å². The lowest BCUT2D eigenvalue weighted by atomic mass is 9.96. The third kappa shape index (κ3) is 2.71. The summed E-state index contributed by atoms with van der Waals surface area (Å²) in [5.74, 6) is 2.21. The molecule has 0 saturated heterocycles. The van der Waals surface area contributed by atoms with Crippen LogP contribution in [-0.2, 0) is 4.79 Å². The molecule has 2 aliphatic carbocycles. The number of carbonyl (C=O) groups is 1. The first kappa shape index (κ1) is 10.9. The van der Waals surface area contributed by atoms with E-state index in [4.69, 9.17) is 0 Å². The Balaban J connectivity index is 1.85. The van der Waals surface area contributed by atoms with Crippen LogP contribution < -0.4 is 5.32 Å². The van der Waals surface area contributed by atoms with Gasteiger partial charge < -0.3 is 10.2 Å². The summed E-state index contributed by atoms with van der Waals surface area (Å²) < 4.78 is 0. The monoisotopic (exact) mass is 210 g/mol. The molecule has 3 heteroatoms. The molecule has 3 nitrogen and oxygen atoms in total. The van der Waals surface area contributed by atoms with Gasteiger partial charge in [0, 0.05) is 26.1 Å². The van der Waals surface area contributed by atoms with Gasteiger partial charge in [0.2, 0.25) is 5.91 Å². The average Bonchev–Trinajstić information content (AvgIpc) is 3.06. The maximum Gasteiger partial charge on any atom is 0.226 e. The van der Waals surface area contributed by atoms with Gasteiger partial charge in [-0.2, -0.15) is 0 Å². The molecule has 2 rings (SSSR count). The number of nitrogens with zero attached hydrogens (tertiary/aromatic N) is 1. The molecule has 15 heavy (non-hydrogen) atoms. The lowest BCUT2D eigenvalue weighted by Crippen LogP contribution is -2.38. The van der Waals surface area contributed by atoms with Crippen LogP contribution in [-0.4, -0.2) is 38.0 Å². The molecule has 0 spiro atoms. The van der Waals surface area contributed by atoms with Gasteiger partial charge in [-0.05, 0) is 44.6 Å².